The van der Waals surface area contributed by atoms with Crippen LogP contribution in [-0.2, 0) is 9.53 Å². The van der Waals surface area contributed by atoms with Gasteiger partial charge in [-0.2, -0.15) is 13.2 Å². The van der Waals surface area contributed by atoms with E-state index in [0.29, 0.717) is 6.42 Å². The molecule has 0 rings (SSSR count). The van der Waals surface area contributed by atoms with E-state index in [0.717, 1.165) is 4.90 Å². The van der Waals surface area contributed by atoms with Gasteiger partial charge >= 0.3 is 12.1 Å². The summed E-state index contributed by atoms with van der Waals surface area (Å²) in [5.74, 6) is -0.641. The van der Waals surface area contributed by atoms with Crippen molar-refractivity contribution in [1.29, 1.82) is 0 Å². The highest BCUT2D eigenvalue weighted by molar-refractivity contribution is 5.71. The highest BCUT2D eigenvalue weighted by Crippen LogP contribution is 2.27. The summed E-state index contributed by atoms with van der Waals surface area (Å²) >= 11 is 0. The van der Waals surface area contributed by atoms with E-state index in [1.54, 1.807) is 13.8 Å². The van der Waals surface area contributed by atoms with E-state index in [1.807, 2.05) is 0 Å². The van der Waals surface area contributed by atoms with Gasteiger partial charge in [0, 0.05) is 0 Å². The van der Waals surface area contributed by atoms with Gasteiger partial charge in [-0.15, -0.1) is 0 Å². The zero-order valence-corrected chi connectivity index (χ0v) is 10.8. The summed E-state index contributed by atoms with van der Waals surface area (Å²) in [4.78, 5) is 12.4. The van der Waals surface area contributed by atoms with Crippen LogP contribution in [0.15, 0.2) is 0 Å². The van der Waals surface area contributed by atoms with Crippen LogP contribution in [-0.4, -0.2) is 49.3 Å². The third kappa shape index (κ3) is 6.20. The lowest BCUT2D eigenvalue weighted by Crippen LogP contribution is -2.49. The normalized spacial score (nSPS) is 13.7. The molecule has 0 aromatic heterocycles. The summed E-state index contributed by atoms with van der Waals surface area (Å²) in [6, 6.07) is -1.69. The lowest BCUT2D eigenvalue weighted by molar-refractivity contribution is -0.188. The van der Waals surface area contributed by atoms with E-state index in [9.17, 15) is 18.0 Å². The Morgan fingerprint density at radius 2 is 2.00 bits per heavy atom. The van der Waals surface area contributed by atoms with Crippen LogP contribution in [0.25, 0.3) is 0 Å². The van der Waals surface area contributed by atoms with E-state index in [1.165, 1.54) is 0 Å². The second-order valence-corrected chi connectivity index (χ2v) is 3.91. The van der Waals surface area contributed by atoms with Gasteiger partial charge in [0.15, 0.2) is 0 Å². The second kappa shape index (κ2) is 8.31. The molecule has 0 aliphatic rings. The first-order valence-corrected chi connectivity index (χ1v) is 6.03. The van der Waals surface area contributed by atoms with Crippen molar-refractivity contribution in [3.8, 4) is 0 Å². The minimum absolute atomic E-state index is 0.0762. The number of carbonyl (C=O) groups excluding carboxylic acids is 1. The monoisotopic (exact) mass is 270 g/mol. The lowest BCUT2D eigenvalue weighted by Gasteiger charge is -2.31. The van der Waals surface area contributed by atoms with Crippen molar-refractivity contribution >= 4 is 5.97 Å². The highest BCUT2D eigenvalue weighted by atomic mass is 19.4. The van der Waals surface area contributed by atoms with Gasteiger partial charge in [-0.1, -0.05) is 6.92 Å². The number of ether oxygens (including phenoxy) is 1. The van der Waals surface area contributed by atoms with Gasteiger partial charge in [0.1, 0.15) is 6.04 Å². The molecule has 0 aromatic carbocycles. The third-order valence-corrected chi connectivity index (χ3v) is 2.41. The van der Waals surface area contributed by atoms with Crippen LogP contribution in [0.4, 0.5) is 13.2 Å². The van der Waals surface area contributed by atoms with Crippen LogP contribution in [0, 0.1) is 0 Å². The van der Waals surface area contributed by atoms with Gasteiger partial charge in [0.25, 0.3) is 0 Å². The second-order valence-electron chi connectivity index (χ2n) is 3.91. The van der Waals surface area contributed by atoms with E-state index in [4.69, 9.17) is 5.73 Å². The largest absolute Gasteiger partial charge is 0.465 e. The topological polar surface area (TPSA) is 55.6 Å². The van der Waals surface area contributed by atoms with Crippen molar-refractivity contribution in [2.24, 2.45) is 5.73 Å². The Labute approximate surface area is 105 Å². The van der Waals surface area contributed by atoms with Crippen molar-refractivity contribution in [3.05, 3.63) is 0 Å². The Morgan fingerprint density at radius 1 is 1.39 bits per heavy atom. The number of hydrogen-bond acceptors (Lipinski definition) is 4. The molecule has 0 heterocycles. The van der Waals surface area contributed by atoms with Crippen LogP contribution in [0.5, 0.6) is 0 Å². The molecule has 0 fully saturated rings. The summed E-state index contributed by atoms with van der Waals surface area (Å²) in [6.07, 6.45) is -4.08. The van der Waals surface area contributed by atoms with Gasteiger partial charge in [0.2, 0.25) is 0 Å². The average molecular weight is 270 g/mol. The van der Waals surface area contributed by atoms with Crippen molar-refractivity contribution < 1.29 is 22.7 Å². The summed E-state index contributed by atoms with van der Waals surface area (Å²) < 4.78 is 43.3. The Bertz CT molecular complexity index is 247. The number of nitrogens with two attached hydrogens (primary N) is 1. The fourth-order valence-corrected chi connectivity index (χ4v) is 1.72. The van der Waals surface area contributed by atoms with Crippen LogP contribution in [0.3, 0.4) is 0 Å². The van der Waals surface area contributed by atoms with Crippen LogP contribution in [0.2, 0.25) is 0 Å². The molecule has 0 saturated carbocycles. The van der Waals surface area contributed by atoms with Gasteiger partial charge in [-0.25, -0.2) is 0 Å². The number of alkyl halides is 3. The first-order valence-electron chi connectivity index (χ1n) is 6.03. The molecule has 1 atom stereocenters. The maximum atomic E-state index is 12.9. The Balaban J connectivity index is 4.74. The van der Waals surface area contributed by atoms with Gasteiger partial charge in [0.05, 0.1) is 13.2 Å². The molecule has 18 heavy (non-hydrogen) atoms. The predicted molar refractivity (Wildman–Crippen MR) is 62.0 cm³/mol. The van der Waals surface area contributed by atoms with Gasteiger partial charge in [-0.05, 0) is 32.9 Å². The van der Waals surface area contributed by atoms with Gasteiger partial charge < -0.3 is 10.5 Å². The fraction of sp³-hybridized carbons (Fsp3) is 0.909. The number of carbonyl (C=O) groups is 1. The Morgan fingerprint density at radius 3 is 2.39 bits per heavy atom. The minimum Gasteiger partial charge on any atom is -0.465 e. The maximum Gasteiger partial charge on any atom is 0.404 e. The molecule has 0 aliphatic heterocycles. The van der Waals surface area contributed by atoms with E-state index < -0.39 is 18.2 Å². The lowest BCUT2D eigenvalue weighted by atomic mass is 10.1. The van der Waals surface area contributed by atoms with Crippen molar-refractivity contribution in [2.45, 2.75) is 38.9 Å². The molecule has 0 bridgehead atoms. The number of hydrogen-bond donors (Lipinski definition) is 1. The number of halogens is 3. The molecular formula is C11H21F3N2O2. The quantitative estimate of drug-likeness (QED) is 0.680. The maximum absolute atomic E-state index is 12.9. The molecule has 0 saturated heterocycles. The predicted octanol–water partition coefficient (Wildman–Crippen LogP) is 1.54. The molecule has 1 unspecified atom stereocenters. The van der Waals surface area contributed by atoms with E-state index in [2.05, 4.69) is 4.74 Å². The van der Waals surface area contributed by atoms with E-state index in [-0.39, 0.29) is 32.7 Å². The summed E-state index contributed by atoms with van der Waals surface area (Å²) in [7, 11) is 0. The standard InChI is InChI=1S/C11H21F3N2O2/c1-3-7-16(8-10(17)18-4-2)9(5-6-15)11(12,13)14/h9H,3-8,15H2,1-2H3. The third-order valence-electron chi connectivity index (χ3n) is 2.41. The molecule has 108 valence electrons. The van der Waals surface area contributed by atoms with Crippen molar-refractivity contribution in [2.75, 3.05) is 26.2 Å². The molecule has 0 aliphatic carbocycles. The van der Waals surface area contributed by atoms with Crippen LogP contribution in [0.1, 0.15) is 26.7 Å². The first kappa shape index (κ1) is 17.2. The number of rotatable bonds is 8. The minimum atomic E-state index is -4.39. The zero-order chi connectivity index (χ0) is 14.2. The summed E-state index contributed by atoms with van der Waals surface area (Å²) in [5, 5.41) is 0. The van der Waals surface area contributed by atoms with E-state index >= 15 is 0 Å². The molecule has 4 nitrogen and oxygen atoms in total. The molecule has 0 radical (unpaired) electrons. The number of esters is 1. The zero-order valence-electron chi connectivity index (χ0n) is 10.8. The smallest absolute Gasteiger partial charge is 0.404 e. The Hall–Kier alpha value is -0.820. The summed E-state index contributed by atoms with van der Waals surface area (Å²) in [6.45, 7) is 3.28. The van der Waals surface area contributed by atoms with Crippen molar-refractivity contribution in [1.82, 2.24) is 4.90 Å². The molecule has 0 aromatic rings. The molecule has 2 N–H and O–H groups in total. The van der Waals surface area contributed by atoms with Gasteiger partial charge in [-0.3, -0.25) is 9.69 Å². The van der Waals surface area contributed by atoms with Crippen molar-refractivity contribution in [3.63, 3.8) is 0 Å². The molecular weight excluding hydrogens is 249 g/mol. The van der Waals surface area contributed by atoms with Crippen LogP contribution < -0.4 is 5.73 Å². The number of nitrogens with zero attached hydrogens (tertiary/aromatic N) is 1. The molecule has 0 spiro atoms. The molecule has 7 heteroatoms. The fourth-order valence-electron chi connectivity index (χ4n) is 1.72. The first-order chi connectivity index (χ1) is 8.36. The van der Waals surface area contributed by atoms with Crippen LogP contribution >= 0.6 is 0 Å². The average Bonchev–Trinajstić information content (AvgIpc) is 2.24. The Kier molecular flexibility index (Phi) is 7.93. The SMILES string of the molecule is CCCN(CC(=O)OCC)C(CCN)C(F)(F)F. The molecule has 0 amide bonds. The summed E-state index contributed by atoms with van der Waals surface area (Å²) in [5.41, 5.74) is 5.21. The highest BCUT2D eigenvalue weighted by Gasteiger charge is 2.43.